The zero-order valence-corrected chi connectivity index (χ0v) is 19.5. The number of hydrogen-bond donors (Lipinski definition) is 1. The maximum atomic E-state index is 14.5. The Kier molecular flexibility index (Phi) is 6.15. The fourth-order valence-corrected chi connectivity index (χ4v) is 4.72. The number of likely N-dealkylation sites (tertiary alicyclic amines) is 1. The molecule has 7 nitrogen and oxygen atoms in total. The second kappa shape index (κ2) is 9.40. The molecular weight excluding hydrogens is 452 g/mol. The predicted octanol–water partition coefficient (Wildman–Crippen LogP) is 5.22. The van der Waals surface area contributed by atoms with Gasteiger partial charge in [0.05, 0.1) is 11.6 Å². The monoisotopic (exact) mass is 477 g/mol. The summed E-state index contributed by atoms with van der Waals surface area (Å²) in [5.41, 5.74) is 2.01. The van der Waals surface area contributed by atoms with Crippen LogP contribution in [-0.2, 0) is 0 Å². The molecule has 180 valence electrons. The third-order valence-electron chi connectivity index (χ3n) is 6.61. The highest BCUT2D eigenvalue weighted by Gasteiger charge is 2.34. The number of hydrogen-bond acceptors (Lipinski definition) is 6. The molecule has 0 bridgehead atoms. The summed E-state index contributed by atoms with van der Waals surface area (Å²) in [6, 6.07) is 8.78. The molecule has 0 aliphatic carbocycles. The minimum atomic E-state index is -0.415. The van der Waals surface area contributed by atoms with Crippen molar-refractivity contribution in [2.75, 3.05) is 18.4 Å². The fourth-order valence-electron chi connectivity index (χ4n) is 4.72. The van der Waals surface area contributed by atoms with Gasteiger partial charge in [-0.15, -0.1) is 0 Å². The molecule has 1 aliphatic rings. The molecular formula is C26H25F2N5O2. The summed E-state index contributed by atoms with van der Waals surface area (Å²) in [6.45, 7) is 4.70. The van der Waals surface area contributed by atoms with Gasteiger partial charge < -0.3 is 14.6 Å². The van der Waals surface area contributed by atoms with Gasteiger partial charge >= 0.3 is 0 Å². The number of nitrogens with one attached hydrogen (secondary N) is 1. The van der Waals surface area contributed by atoms with Crippen molar-refractivity contribution in [2.24, 2.45) is 5.92 Å². The van der Waals surface area contributed by atoms with E-state index < -0.39 is 5.82 Å². The minimum absolute atomic E-state index is 0.155. The smallest absolute Gasteiger partial charge is 0.295 e. The summed E-state index contributed by atoms with van der Waals surface area (Å²) in [6.07, 6.45) is 4.97. The maximum absolute atomic E-state index is 14.5. The van der Waals surface area contributed by atoms with Crippen molar-refractivity contribution in [1.29, 1.82) is 0 Å². The largest absolute Gasteiger partial charge is 0.424 e. The number of oxazole rings is 1. The lowest BCUT2D eigenvalue weighted by Gasteiger charge is -2.40. The summed E-state index contributed by atoms with van der Waals surface area (Å²) in [4.78, 5) is 28.5. The van der Waals surface area contributed by atoms with Crippen LogP contribution in [0.3, 0.4) is 0 Å². The Morgan fingerprint density at radius 1 is 1.20 bits per heavy atom. The Bertz CT molecular complexity index is 1380. The van der Waals surface area contributed by atoms with Gasteiger partial charge in [0.1, 0.15) is 17.2 Å². The molecule has 0 radical (unpaired) electrons. The van der Waals surface area contributed by atoms with Gasteiger partial charge in [-0.1, -0.05) is 6.92 Å². The molecule has 35 heavy (non-hydrogen) atoms. The second-order valence-corrected chi connectivity index (χ2v) is 8.86. The number of anilines is 1. The quantitative estimate of drug-likeness (QED) is 0.424. The van der Waals surface area contributed by atoms with Crippen LogP contribution in [0.4, 0.5) is 14.8 Å². The molecule has 1 amide bonds. The van der Waals surface area contributed by atoms with E-state index in [0.717, 1.165) is 12.8 Å². The highest BCUT2D eigenvalue weighted by molar-refractivity contribution is 6.01. The zero-order valence-electron chi connectivity index (χ0n) is 19.5. The molecule has 2 aromatic carbocycles. The van der Waals surface area contributed by atoms with E-state index in [0.29, 0.717) is 46.7 Å². The third-order valence-corrected chi connectivity index (χ3v) is 6.61. The van der Waals surface area contributed by atoms with Gasteiger partial charge in [-0.25, -0.2) is 18.7 Å². The van der Waals surface area contributed by atoms with Crippen LogP contribution in [0.15, 0.2) is 53.2 Å². The number of fused-ring (bicyclic) bond motifs is 1. The van der Waals surface area contributed by atoms with Gasteiger partial charge in [0.25, 0.3) is 11.9 Å². The number of nitrogens with zero attached hydrogens (tertiary/aromatic N) is 4. The molecule has 1 N–H and O–H groups in total. The van der Waals surface area contributed by atoms with Crippen molar-refractivity contribution in [3.8, 4) is 11.4 Å². The summed E-state index contributed by atoms with van der Waals surface area (Å²) in [7, 11) is 0. The van der Waals surface area contributed by atoms with Crippen molar-refractivity contribution in [3.05, 3.63) is 71.6 Å². The van der Waals surface area contributed by atoms with Crippen molar-refractivity contribution in [3.63, 3.8) is 0 Å². The van der Waals surface area contributed by atoms with Crippen LogP contribution in [-0.4, -0.2) is 44.9 Å². The van der Waals surface area contributed by atoms with Crippen LogP contribution in [0.1, 0.15) is 35.7 Å². The summed E-state index contributed by atoms with van der Waals surface area (Å²) in [5, 5.41) is 3.18. The second-order valence-electron chi connectivity index (χ2n) is 8.86. The molecule has 0 spiro atoms. The predicted molar refractivity (Wildman–Crippen MR) is 128 cm³/mol. The maximum Gasteiger partial charge on any atom is 0.295 e. The van der Waals surface area contributed by atoms with E-state index in [1.54, 1.807) is 25.4 Å². The van der Waals surface area contributed by atoms with E-state index in [-0.39, 0.29) is 29.7 Å². The summed E-state index contributed by atoms with van der Waals surface area (Å²) >= 11 is 0. The molecule has 3 heterocycles. The van der Waals surface area contributed by atoms with Crippen LogP contribution in [0.5, 0.6) is 0 Å². The van der Waals surface area contributed by atoms with E-state index >= 15 is 0 Å². The van der Waals surface area contributed by atoms with E-state index in [9.17, 15) is 13.6 Å². The lowest BCUT2D eigenvalue weighted by atomic mass is 9.89. The van der Waals surface area contributed by atoms with Crippen LogP contribution in [0.2, 0.25) is 0 Å². The zero-order chi connectivity index (χ0) is 24.5. The summed E-state index contributed by atoms with van der Waals surface area (Å²) < 4.78 is 33.7. The minimum Gasteiger partial charge on any atom is -0.424 e. The standard InChI is InChI=1S/C26H25F2N5O2/c1-15-5-3-12-33(21(15)14-31-26-32-20-13-17(27)6-9-22(20)35-26)25(34)18-7-8-19(28)16(2)23(18)24-29-10-4-11-30-24/h4,6-11,13,15,21H,3,5,12,14H2,1-2H3,(H,31,32)/t15-,21-/m1/s1. The fraction of sp³-hybridized carbons (Fsp3) is 0.308. The van der Waals surface area contributed by atoms with Crippen LogP contribution in [0.25, 0.3) is 22.5 Å². The number of carbonyl (C=O) groups excluding carboxylic acids is 1. The lowest BCUT2D eigenvalue weighted by Crippen LogP contribution is -2.51. The van der Waals surface area contributed by atoms with E-state index in [2.05, 4.69) is 27.2 Å². The van der Waals surface area contributed by atoms with Crippen LogP contribution >= 0.6 is 0 Å². The highest BCUT2D eigenvalue weighted by atomic mass is 19.1. The Hall–Kier alpha value is -3.88. The molecule has 2 aromatic heterocycles. The van der Waals surface area contributed by atoms with Crippen molar-refractivity contribution in [1.82, 2.24) is 19.9 Å². The van der Waals surface area contributed by atoms with Crippen LogP contribution < -0.4 is 5.32 Å². The van der Waals surface area contributed by atoms with E-state index in [4.69, 9.17) is 4.42 Å². The lowest BCUT2D eigenvalue weighted by molar-refractivity contribution is 0.0540. The number of carbonyl (C=O) groups is 1. The van der Waals surface area contributed by atoms with Gasteiger partial charge in [0, 0.05) is 37.1 Å². The topological polar surface area (TPSA) is 84.2 Å². The van der Waals surface area contributed by atoms with Gasteiger partial charge in [0.2, 0.25) is 0 Å². The molecule has 2 atom stereocenters. The molecule has 1 fully saturated rings. The van der Waals surface area contributed by atoms with Crippen molar-refractivity contribution >= 4 is 23.0 Å². The molecule has 4 aromatic rings. The van der Waals surface area contributed by atoms with Gasteiger partial charge in [0.15, 0.2) is 11.4 Å². The average molecular weight is 478 g/mol. The molecule has 1 saturated heterocycles. The molecule has 1 aliphatic heterocycles. The molecule has 9 heteroatoms. The first kappa shape index (κ1) is 22.9. The van der Waals surface area contributed by atoms with Gasteiger partial charge in [-0.3, -0.25) is 4.79 Å². The number of halogens is 2. The number of aromatic nitrogens is 3. The van der Waals surface area contributed by atoms with E-state index in [1.165, 1.54) is 30.3 Å². The Labute approximate surface area is 201 Å². The highest BCUT2D eigenvalue weighted by Crippen LogP contribution is 2.31. The Morgan fingerprint density at radius 2 is 2.00 bits per heavy atom. The van der Waals surface area contributed by atoms with Gasteiger partial charge in [-0.05, 0) is 61.6 Å². The first-order chi connectivity index (χ1) is 16.9. The summed E-state index contributed by atoms with van der Waals surface area (Å²) in [5.74, 6) is -0.482. The number of piperidine rings is 1. The van der Waals surface area contributed by atoms with Gasteiger partial charge in [-0.2, -0.15) is 4.98 Å². The molecule has 0 unspecified atom stereocenters. The number of amides is 1. The SMILES string of the molecule is Cc1c(F)ccc(C(=O)N2CCC[C@@H](C)[C@H]2CNc2nc3cc(F)ccc3o2)c1-c1ncccn1. The molecule has 5 rings (SSSR count). The average Bonchev–Trinajstić information content (AvgIpc) is 3.26. The van der Waals surface area contributed by atoms with Crippen molar-refractivity contribution in [2.45, 2.75) is 32.7 Å². The molecule has 0 saturated carbocycles. The van der Waals surface area contributed by atoms with Crippen molar-refractivity contribution < 1.29 is 18.0 Å². The third kappa shape index (κ3) is 4.45. The number of rotatable bonds is 5. The first-order valence-electron chi connectivity index (χ1n) is 11.6. The van der Waals surface area contributed by atoms with Crippen LogP contribution in [0, 0.1) is 24.5 Å². The van der Waals surface area contributed by atoms with E-state index in [1.807, 2.05) is 4.90 Å². The normalized spacial score (nSPS) is 18.1. The first-order valence-corrected chi connectivity index (χ1v) is 11.6. The Morgan fingerprint density at radius 3 is 2.80 bits per heavy atom. The number of benzene rings is 2. The Balaban J connectivity index is 1.44.